The Labute approximate surface area is 120 Å². The average molecular weight is 347 g/mol. The second-order valence-electron chi connectivity index (χ2n) is 4.03. The molecule has 0 amide bonds. The zero-order chi connectivity index (χ0) is 14.9. The minimum Gasteiger partial charge on any atom is -0.289 e. The highest BCUT2D eigenvalue weighted by molar-refractivity contribution is 9.10. The SMILES string of the molecule is O=C(c1ccc(C(F)(F)F)cc1)c1ccc(F)c(Br)c1. The minimum absolute atomic E-state index is 0.108. The van der Waals surface area contributed by atoms with E-state index in [-0.39, 0.29) is 15.6 Å². The monoisotopic (exact) mass is 346 g/mol. The second-order valence-corrected chi connectivity index (χ2v) is 4.89. The van der Waals surface area contributed by atoms with Crippen molar-refractivity contribution in [1.82, 2.24) is 0 Å². The Bertz CT molecular complexity index is 647. The van der Waals surface area contributed by atoms with E-state index < -0.39 is 23.3 Å². The molecule has 6 heteroatoms. The maximum Gasteiger partial charge on any atom is 0.416 e. The van der Waals surface area contributed by atoms with Gasteiger partial charge in [-0.2, -0.15) is 13.2 Å². The summed E-state index contributed by atoms with van der Waals surface area (Å²) in [6, 6.07) is 7.55. The van der Waals surface area contributed by atoms with E-state index in [1.165, 1.54) is 12.1 Å². The first kappa shape index (κ1) is 14.7. The first-order valence-electron chi connectivity index (χ1n) is 5.46. The van der Waals surface area contributed by atoms with Crippen LogP contribution in [0.5, 0.6) is 0 Å². The van der Waals surface area contributed by atoms with Crippen molar-refractivity contribution in [2.24, 2.45) is 0 Å². The molecular weight excluding hydrogens is 340 g/mol. The molecule has 0 heterocycles. The van der Waals surface area contributed by atoms with Crippen LogP contribution in [0.4, 0.5) is 17.6 Å². The maximum absolute atomic E-state index is 13.1. The number of rotatable bonds is 2. The van der Waals surface area contributed by atoms with Crippen LogP contribution in [0, 0.1) is 5.82 Å². The number of hydrogen-bond donors (Lipinski definition) is 0. The number of benzene rings is 2. The van der Waals surface area contributed by atoms with Gasteiger partial charge in [-0.05, 0) is 46.3 Å². The minimum atomic E-state index is -4.44. The van der Waals surface area contributed by atoms with Crippen molar-refractivity contribution in [3.8, 4) is 0 Å². The molecule has 1 nitrogen and oxygen atoms in total. The van der Waals surface area contributed by atoms with E-state index >= 15 is 0 Å². The van der Waals surface area contributed by atoms with Gasteiger partial charge in [-0.15, -0.1) is 0 Å². The molecule has 0 aliphatic heterocycles. The molecule has 0 spiro atoms. The molecule has 0 aliphatic carbocycles. The van der Waals surface area contributed by atoms with E-state index in [4.69, 9.17) is 0 Å². The average Bonchev–Trinajstić information content (AvgIpc) is 2.40. The van der Waals surface area contributed by atoms with Gasteiger partial charge in [-0.25, -0.2) is 4.39 Å². The molecule has 0 saturated carbocycles. The predicted octanol–water partition coefficient (Wildman–Crippen LogP) is 4.84. The van der Waals surface area contributed by atoms with Crippen molar-refractivity contribution in [3.05, 3.63) is 69.4 Å². The number of alkyl halides is 3. The summed E-state index contributed by atoms with van der Waals surface area (Å²) >= 11 is 2.95. The Morgan fingerprint density at radius 3 is 2.00 bits per heavy atom. The molecule has 0 aliphatic rings. The van der Waals surface area contributed by atoms with E-state index in [1.54, 1.807) is 0 Å². The van der Waals surface area contributed by atoms with Crippen molar-refractivity contribution < 1.29 is 22.4 Å². The molecule has 0 fully saturated rings. The lowest BCUT2D eigenvalue weighted by Crippen LogP contribution is -2.06. The molecule has 0 radical (unpaired) electrons. The molecule has 0 N–H and O–H groups in total. The molecule has 2 aromatic carbocycles. The normalized spacial score (nSPS) is 11.4. The lowest BCUT2D eigenvalue weighted by Gasteiger charge is -2.07. The molecule has 20 heavy (non-hydrogen) atoms. The molecule has 0 atom stereocenters. The van der Waals surface area contributed by atoms with Gasteiger partial charge in [0.1, 0.15) is 5.82 Å². The summed E-state index contributed by atoms with van der Waals surface area (Å²) in [4.78, 5) is 12.0. The van der Waals surface area contributed by atoms with Crippen molar-refractivity contribution in [2.45, 2.75) is 6.18 Å². The van der Waals surface area contributed by atoms with Crippen LogP contribution < -0.4 is 0 Å². The zero-order valence-electron chi connectivity index (χ0n) is 9.84. The van der Waals surface area contributed by atoms with Gasteiger partial charge < -0.3 is 0 Å². The van der Waals surface area contributed by atoms with E-state index in [0.29, 0.717) is 0 Å². The standard InChI is InChI=1S/C14H7BrF4O/c15-11-7-9(3-6-12(11)16)13(20)8-1-4-10(5-2-8)14(17,18)19/h1-7H. The van der Waals surface area contributed by atoms with Crippen LogP contribution in [0.3, 0.4) is 0 Å². The number of halogens is 5. The lowest BCUT2D eigenvalue weighted by molar-refractivity contribution is -0.137. The molecule has 0 bridgehead atoms. The molecule has 2 rings (SSSR count). The fraction of sp³-hybridized carbons (Fsp3) is 0.0714. The van der Waals surface area contributed by atoms with Gasteiger partial charge in [0.15, 0.2) is 5.78 Å². The zero-order valence-corrected chi connectivity index (χ0v) is 11.4. The number of carbonyl (C=O) groups excluding carboxylic acids is 1. The van der Waals surface area contributed by atoms with Gasteiger partial charge in [0.2, 0.25) is 0 Å². The van der Waals surface area contributed by atoms with Crippen molar-refractivity contribution in [3.63, 3.8) is 0 Å². The van der Waals surface area contributed by atoms with E-state index in [0.717, 1.165) is 30.3 Å². The topological polar surface area (TPSA) is 17.1 Å². The van der Waals surface area contributed by atoms with Crippen LogP contribution in [-0.4, -0.2) is 5.78 Å². The summed E-state index contributed by atoms with van der Waals surface area (Å²) in [6.07, 6.45) is -4.44. The molecule has 104 valence electrons. The van der Waals surface area contributed by atoms with Crippen LogP contribution in [0.1, 0.15) is 21.5 Å². The fourth-order valence-electron chi connectivity index (χ4n) is 1.61. The summed E-state index contributed by atoms with van der Waals surface area (Å²) in [5.74, 6) is -0.992. The van der Waals surface area contributed by atoms with Crippen LogP contribution in [0.2, 0.25) is 0 Å². The molecule has 0 saturated heterocycles. The van der Waals surface area contributed by atoms with Gasteiger partial charge in [0.25, 0.3) is 0 Å². The first-order chi connectivity index (χ1) is 9.29. The van der Waals surface area contributed by atoms with Gasteiger partial charge in [0, 0.05) is 11.1 Å². The molecule has 0 aromatic heterocycles. The molecular formula is C14H7BrF4O. The van der Waals surface area contributed by atoms with Crippen molar-refractivity contribution in [2.75, 3.05) is 0 Å². The summed E-state index contributed by atoms with van der Waals surface area (Å²) in [6.45, 7) is 0. The number of ketones is 1. The Morgan fingerprint density at radius 2 is 1.50 bits per heavy atom. The van der Waals surface area contributed by atoms with Gasteiger partial charge in [-0.3, -0.25) is 4.79 Å². The number of hydrogen-bond acceptors (Lipinski definition) is 1. The predicted molar refractivity (Wildman–Crippen MR) is 69.0 cm³/mol. The third-order valence-electron chi connectivity index (χ3n) is 2.66. The van der Waals surface area contributed by atoms with E-state index in [2.05, 4.69) is 15.9 Å². The fourth-order valence-corrected chi connectivity index (χ4v) is 1.99. The third kappa shape index (κ3) is 3.07. The Kier molecular flexibility index (Phi) is 3.94. The summed E-state index contributed by atoms with van der Waals surface area (Å²) < 4.78 is 50.4. The van der Waals surface area contributed by atoms with Crippen molar-refractivity contribution in [1.29, 1.82) is 0 Å². The quantitative estimate of drug-likeness (QED) is 0.561. The largest absolute Gasteiger partial charge is 0.416 e. The van der Waals surface area contributed by atoms with Crippen LogP contribution in [0.15, 0.2) is 46.9 Å². The maximum atomic E-state index is 13.1. The Morgan fingerprint density at radius 1 is 0.950 bits per heavy atom. The highest BCUT2D eigenvalue weighted by Gasteiger charge is 2.30. The number of carbonyl (C=O) groups is 1. The van der Waals surface area contributed by atoms with Crippen LogP contribution in [-0.2, 0) is 6.18 Å². The lowest BCUT2D eigenvalue weighted by atomic mass is 10.0. The Balaban J connectivity index is 2.31. The first-order valence-corrected chi connectivity index (χ1v) is 6.25. The molecule has 2 aromatic rings. The summed E-state index contributed by atoms with van der Waals surface area (Å²) in [5.41, 5.74) is -0.524. The third-order valence-corrected chi connectivity index (χ3v) is 3.26. The summed E-state index contributed by atoms with van der Waals surface area (Å²) in [5, 5.41) is 0. The van der Waals surface area contributed by atoms with Crippen LogP contribution in [0.25, 0.3) is 0 Å². The second kappa shape index (κ2) is 5.36. The molecule has 0 unspecified atom stereocenters. The van der Waals surface area contributed by atoms with Gasteiger partial charge >= 0.3 is 6.18 Å². The Hall–Kier alpha value is -1.69. The van der Waals surface area contributed by atoms with Gasteiger partial charge in [0.05, 0.1) is 10.0 Å². The van der Waals surface area contributed by atoms with Crippen LogP contribution >= 0.6 is 15.9 Å². The van der Waals surface area contributed by atoms with Gasteiger partial charge in [-0.1, -0.05) is 12.1 Å². The highest BCUT2D eigenvalue weighted by Crippen LogP contribution is 2.29. The van der Waals surface area contributed by atoms with Crippen molar-refractivity contribution >= 4 is 21.7 Å². The summed E-state index contributed by atoms with van der Waals surface area (Å²) in [7, 11) is 0. The van der Waals surface area contributed by atoms with E-state index in [9.17, 15) is 22.4 Å². The van der Waals surface area contributed by atoms with E-state index in [1.807, 2.05) is 0 Å². The smallest absolute Gasteiger partial charge is 0.289 e. The highest BCUT2D eigenvalue weighted by atomic mass is 79.9.